The van der Waals surface area contributed by atoms with Crippen molar-refractivity contribution in [1.82, 2.24) is 14.7 Å². The van der Waals surface area contributed by atoms with E-state index in [1.807, 2.05) is 77.0 Å². The Labute approximate surface area is 190 Å². The molecule has 1 saturated carbocycles. The summed E-state index contributed by atoms with van der Waals surface area (Å²) >= 11 is 1.58. The van der Waals surface area contributed by atoms with Crippen molar-refractivity contribution in [3.63, 3.8) is 0 Å². The van der Waals surface area contributed by atoms with E-state index in [0.29, 0.717) is 17.8 Å². The lowest BCUT2D eigenvalue weighted by atomic mass is 10.1. The maximum atomic E-state index is 13.5. The SMILES string of the molecule is CC(C1CC1)N(Cc1ccccc1)C(=O)Cn1nc(-c2cccs2)c2ccccc2c1=O. The highest BCUT2D eigenvalue weighted by atomic mass is 32.1. The van der Waals surface area contributed by atoms with Crippen LogP contribution in [0.15, 0.2) is 76.9 Å². The van der Waals surface area contributed by atoms with Gasteiger partial charge in [-0.2, -0.15) is 5.10 Å². The Morgan fingerprint density at radius 3 is 2.47 bits per heavy atom. The van der Waals surface area contributed by atoms with E-state index in [1.54, 1.807) is 11.3 Å². The number of carbonyl (C=O) groups excluding carboxylic acids is 1. The van der Waals surface area contributed by atoms with E-state index in [-0.39, 0.29) is 24.1 Å². The molecule has 2 aromatic carbocycles. The van der Waals surface area contributed by atoms with Gasteiger partial charge in [0.05, 0.1) is 10.3 Å². The minimum absolute atomic E-state index is 0.0636. The van der Waals surface area contributed by atoms with Crippen molar-refractivity contribution in [3.05, 3.63) is 88.0 Å². The summed E-state index contributed by atoms with van der Waals surface area (Å²) in [5, 5.41) is 8.05. The summed E-state index contributed by atoms with van der Waals surface area (Å²) in [5.41, 5.74) is 1.60. The summed E-state index contributed by atoms with van der Waals surface area (Å²) in [4.78, 5) is 29.6. The van der Waals surface area contributed by atoms with Crippen molar-refractivity contribution in [2.24, 2.45) is 5.92 Å². The average Bonchev–Trinajstić information content (AvgIpc) is 3.54. The van der Waals surface area contributed by atoms with Crippen LogP contribution in [0.1, 0.15) is 25.3 Å². The number of nitrogens with zero attached hydrogens (tertiary/aromatic N) is 3. The molecule has 0 radical (unpaired) electrons. The second-order valence-electron chi connectivity index (χ2n) is 8.42. The zero-order chi connectivity index (χ0) is 22.1. The molecule has 0 bridgehead atoms. The molecule has 0 N–H and O–H groups in total. The van der Waals surface area contributed by atoms with Gasteiger partial charge in [-0.15, -0.1) is 11.3 Å². The smallest absolute Gasteiger partial charge is 0.275 e. The monoisotopic (exact) mass is 443 g/mol. The fourth-order valence-electron chi connectivity index (χ4n) is 4.23. The van der Waals surface area contributed by atoms with Gasteiger partial charge in [-0.25, -0.2) is 4.68 Å². The first-order chi connectivity index (χ1) is 15.6. The predicted molar refractivity (Wildman–Crippen MR) is 128 cm³/mol. The maximum Gasteiger partial charge on any atom is 0.275 e. The van der Waals surface area contributed by atoms with Gasteiger partial charge in [-0.05, 0) is 48.8 Å². The van der Waals surface area contributed by atoms with Crippen molar-refractivity contribution in [2.45, 2.75) is 38.9 Å². The van der Waals surface area contributed by atoms with Gasteiger partial charge < -0.3 is 4.90 Å². The molecular weight excluding hydrogens is 418 g/mol. The largest absolute Gasteiger partial charge is 0.334 e. The van der Waals surface area contributed by atoms with Crippen LogP contribution in [0.4, 0.5) is 0 Å². The lowest BCUT2D eigenvalue weighted by Gasteiger charge is -2.30. The van der Waals surface area contributed by atoms with Gasteiger partial charge in [0.1, 0.15) is 12.2 Å². The lowest BCUT2D eigenvalue weighted by Crippen LogP contribution is -2.43. The molecular formula is C26H25N3O2S. The fraction of sp³-hybridized carbons (Fsp3) is 0.269. The Morgan fingerprint density at radius 1 is 1.06 bits per heavy atom. The second kappa shape index (κ2) is 8.71. The molecule has 1 aliphatic rings. The van der Waals surface area contributed by atoms with E-state index in [2.05, 4.69) is 12.0 Å². The maximum absolute atomic E-state index is 13.5. The van der Waals surface area contributed by atoms with Gasteiger partial charge in [0.15, 0.2) is 0 Å². The zero-order valence-electron chi connectivity index (χ0n) is 18.0. The van der Waals surface area contributed by atoms with Gasteiger partial charge >= 0.3 is 0 Å². The first-order valence-electron chi connectivity index (χ1n) is 11.0. The molecule has 0 spiro atoms. The highest BCUT2D eigenvalue weighted by Gasteiger charge is 2.34. The van der Waals surface area contributed by atoms with Crippen LogP contribution in [-0.4, -0.2) is 26.6 Å². The third kappa shape index (κ3) is 4.10. The first kappa shape index (κ1) is 20.6. The van der Waals surface area contributed by atoms with Crippen molar-refractivity contribution in [1.29, 1.82) is 0 Å². The first-order valence-corrected chi connectivity index (χ1v) is 11.9. The standard InChI is InChI=1S/C26H25N3O2S/c1-18(20-13-14-20)28(16-19-8-3-2-4-9-19)24(30)17-29-26(31)22-11-6-5-10-21(22)25(27-29)23-12-7-15-32-23/h2-12,15,18,20H,13-14,16-17H2,1H3. The molecule has 162 valence electrons. The van der Waals surface area contributed by atoms with Crippen LogP contribution in [0.25, 0.3) is 21.3 Å². The molecule has 5 rings (SSSR count). The van der Waals surface area contributed by atoms with Gasteiger partial charge in [-0.1, -0.05) is 54.6 Å². The third-order valence-corrected chi connectivity index (χ3v) is 7.10. The van der Waals surface area contributed by atoms with E-state index in [9.17, 15) is 9.59 Å². The number of benzene rings is 2. The van der Waals surface area contributed by atoms with Crippen LogP contribution < -0.4 is 5.56 Å². The Balaban J connectivity index is 1.51. The highest BCUT2D eigenvalue weighted by Crippen LogP contribution is 2.36. The topological polar surface area (TPSA) is 55.2 Å². The van der Waals surface area contributed by atoms with E-state index >= 15 is 0 Å². The normalized spacial score (nSPS) is 14.4. The summed E-state index contributed by atoms with van der Waals surface area (Å²) in [6.45, 7) is 2.59. The minimum Gasteiger partial charge on any atom is -0.334 e. The van der Waals surface area contributed by atoms with Gasteiger partial charge in [0.25, 0.3) is 5.56 Å². The number of carbonyl (C=O) groups is 1. The minimum atomic E-state index is -0.229. The second-order valence-corrected chi connectivity index (χ2v) is 9.37. The van der Waals surface area contributed by atoms with E-state index in [0.717, 1.165) is 34.4 Å². The number of thiophene rings is 1. The van der Waals surface area contributed by atoms with Crippen molar-refractivity contribution < 1.29 is 4.79 Å². The van der Waals surface area contributed by atoms with Crippen molar-refractivity contribution in [2.75, 3.05) is 0 Å². The van der Waals surface area contributed by atoms with Crippen LogP contribution in [0.3, 0.4) is 0 Å². The molecule has 2 aromatic heterocycles. The average molecular weight is 444 g/mol. The highest BCUT2D eigenvalue weighted by molar-refractivity contribution is 7.13. The van der Waals surface area contributed by atoms with Gasteiger partial charge in [-0.3, -0.25) is 9.59 Å². The van der Waals surface area contributed by atoms with Crippen molar-refractivity contribution in [3.8, 4) is 10.6 Å². The molecule has 1 unspecified atom stereocenters. The fourth-order valence-corrected chi connectivity index (χ4v) is 4.95. The van der Waals surface area contributed by atoms with E-state index < -0.39 is 0 Å². The summed E-state index contributed by atoms with van der Waals surface area (Å²) < 4.78 is 1.34. The lowest BCUT2D eigenvalue weighted by molar-refractivity contribution is -0.135. The van der Waals surface area contributed by atoms with Crippen molar-refractivity contribution >= 4 is 28.0 Å². The van der Waals surface area contributed by atoms with Crippen LogP contribution in [0.5, 0.6) is 0 Å². The molecule has 1 amide bonds. The molecule has 1 fully saturated rings. The molecule has 4 aromatic rings. The zero-order valence-corrected chi connectivity index (χ0v) is 18.8. The van der Waals surface area contributed by atoms with Crippen LogP contribution >= 0.6 is 11.3 Å². The number of fused-ring (bicyclic) bond motifs is 1. The number of aromatic nitrogens is 2. The van der Waals surface area contributed by atoms with Crippen LogP contribution in [0.2, 0.25) is 0 Å². The number of hydrogen-bond acceptors (Lipinski definition) is 4. The molecule has 5 nitrogen and oxygen atoms in total. The molecule has 6 heteroatoms. The Hall–Kier alpha value is -3.25. The number of hydrogen-bond donors (Lipinski definition) is 0. The summed E-state index contributed by atoms with van der Waals surface area (Å²) in [5.74, 6) is 0.459. The molecule has 0 aliphatic heterocycles. The summed E-state index contributed by atoms with van der Waals surface area (Å²) in [6, 6.07) is 21.6. The predicted octanol–water partition coefficient (Wildman–Crippen LogP) is 4.95. The quantitative estimate of drug-likeness (QED) is 0.406. The summed E-state index contributed by atoms with van der Waals surface area (Å²) in [7, 11) is 0. The molecule has 1 atom stereocenters. The van der Waals surface area contributed by atoms with E-state index in [4.69, 9.17) is 0 Å². The number of rotatable bonds is 7. The van der Waals surface area contributed by atoms with Crippen LogP contribution in [0, 0.1) is 5.92 Å². The van der Waals surface area contributed by atoms with Gasteiger partial charge in [0.2, 0.25) is 5.91 Å². The third-order valence-electron chi connectivity index (χ3n) is 6.22. The van der Waals surface area contributed by atoms with Gasteiger partial charge in [0, 0.05) is 18.0 Å². The Bertz CT molecular complexity index is 1290. The molecule has 2 heterocycles. The Morgan fingerprint density at radius 2 is 1.78 bits per heavy atom. The summed E-state index contributed by atoms with van der Waals surface area (Å²) in [6.07, 6.45) is 2.30. The number of amides is 1. The molecule has 0 saturated heterocycles. The Kier molecular flexibility index (Phi) is 5.62. The van der Waals surface area contributed by atoms with E-state index in [1.165, 1.54) is 4.68 Å². The van der Waals surface area contributed by atoms with Crippen LogP contribution in [-0.2, 0) is 17.9 Å². The molecule has 1 aliphatic carbocycles. The molecule has 32 heavy (non-hydrogen) atoms.